The Labute approximate surface area is 115 Å². The predicted octanol–water partition coefficient (Wildman–Crippen LogP) is 1.15. The molecule has 0 atom stereocenters. The van der Waals surface area contributed by atoms with Crippen LogP contribution < -0.4 is 5.32 Å². The lowest BCUT2D eigenvalue weighted by molar-refractivity contribution is 0.0695. The molecule has 6 heteroatoms. The monoisotopic (exact) mass is 271 g/mol. The summed E-state index contributed by atoms with van der Waals surface area (Å²) in [5.41, 5.74) is 1.37. The molecule has 0 saturated carbocycles. The first-order valence-electron chi connectivity index (χ1n) is 6.04. The largest absolute Gasteiger partial charge is 0.478 e. The Kier molecular flexibility index (Phi) is 4.39. The van der Waals surface area contributed by atoms with Gasteiger partial charge < -0.3 is 10.4 Å². The Bertz CT molecular complexity index is 614. The number of benzene rings is 1. The molecule has 0 saturated heterocycles. The van der Waals surface area contributed by atoms with E-state index in [1.54, 1.807) is 30.3 Å². The van der Waals surface area contributed by atoms with Crippen LogP contribution in [-0.4, -0.2) is 33.7 Å². The van der Waals surface area contributed by atoms with Crippen LogP contribution in [-0.2, 0) is 6.42 Å². The molecule has 20 heavy (non-hydrogen) atoms. The van der Waals surface area contributed by atoms with Crippen molar-refractivity contribution in [1.29, 1.82) is 0 Å². The minimum absolute atomic E-state index is 0.257. The zero-order chi connectivity index (χ0) is 14.4. The maximum Gasteiger partial charge on any atom is 0.335 e. The highest BCUT2D eigenvalue weighted by Gasteiger charge is 2.09. The van der Waals surface area contributed by atoms with E-state index in [-0.39, 0.29) is 11.5 Å². The summed E-state index contributed by atoms with van der Waals surface area (Å²) in [6.45, 7) is 0.353. The first-order chi connectivity index (χ1) is 9.68. The second kappa shape index (κ2) is 6.42. The van der Waals surface area contributed by atoms with Gasteiger partial charge in [-0.15, -0.1) is 0 Å². The number of rotatable bonds is 5. The normalized spacial score (nSPS) is 10.0. The van der Waals surface area contributed by atoms with Crippen molar-refractivity contribution < 1.29 is 14.7 Å². The summed E-state index contributed by atoms with van der Waals surface area (Å²) in [6, 6.07) is 8.30. The quantitative estimate of drug-likeness (QED) is 0.851. The molecule has 0 radical (unpaired) electrons. The van der Waals surface area contributed by atoms with Crippen molar-refractivity contribution in [2.75, 3.05) is 6.54 Å². The van der Waals surface area contributed by atoms with Gasteiger partial charge in [0, 0.05) is 6.54 Å². The molecule has 2 rings (SSSR count). The minimum Gasteiger partial charge on any atom is -0.478 e. The number of carbonyl (C=O) groups excluding carboxylic acids is 1. The average Bonchev–Trinajstić information content (AvgIpc) is 2.48. The zero-order valence-electron chi connectivity index (χ0n) is 10.6. The lowest BCUT2D eigenvalue weighted by Gasteiger charge is -2.07. The van der Waals surface area contributed by atoms with Crippen LogP contribution in [0, 0.1) is 0 Å². The predicted molar refractivity (Wildman–Crippen MR) is 71.5 cm³/mol. The zero-order valence-corrected chi connectivity index (χ0v) is 10.6. The fourth-order valence-electron chi connectivity index (χ4n) is 1.78. The standard InChI is InChI=1S/C14H13N3O3/c18-13(11-6-8-16-17-9-11)15-7-5-10-3-1-2-4-12(10)14(19)20/h1-4,6,8-9H,5,7H2,(H,15,18)(H,19,20). The molecule has 0 spiro atoms. The Morgan fingerprint density at radius 2 is 1.95 bits per heavy atom. The first-order valence-corrected chi connectivity index (χ1v) is 6.04. The van der Waals surface area contributed by atoms with Crippen molar-refractivity contribution in [3.8, 4) is 0 Å². The number of aromatic nitrogens is 2. The lowest BCUT2D eigenvalue weighted by Crippen LogP contribution is -2.26. The van der Waals surface area contributed by atoms with Gasteiger partial charge in [-0.2, -0.15) is 10.2 Å². The number of hydrogen-bond acceptors (Lipinski definition) is 4. The number of carboxylic acid groups (broad SMARTS) is 1. The third-order valence-corrected chi connectivity index (χ3v) is 2.77. The summed E-state index contributed by atoms with van der Waals surface area (Å²) in [5, 5.41) is 19.0. The van der Waals surface area contributed by atoms with Crippen molar-refractivity contribution in [2.24, 2.45) is 0 Å². The van der Waals surface area contributed by atoms with Crippen molar-refractivity contribution in [3.05, 3.63) is 59.4 Å². The highest BCUT2D eigenvalue weighted by molar-refractivity contribution is 5.93. The Morgan fingerprint density at radius 3 is 2.65 bits per heavy atom. The molecule has 2 N–H and O–H groups in total. The van der Waals surface area contributed by atoms with Crippen LogP contribution in [0.1, 0.15) is 26.3 Å². The molecule has 6 nitrogen and oxygen atoms in total. The molecule has 0 aliphatic rings. The molecule has 0 bridgehead atoms. The highest BCUT2D eigenvalue weighted by Crippen LogP contribution is 2.09. The van der Waals surface area contributed by atoms with Crippen molar-refractivity contribution in [1.82, 2.24) is 15.5 Å². The van der Waals surface area contributed by atoms with Crippen LogP contribution in [0.3, 0.4) is 0 Å². The molecular formula is C14H13N3O3. The topological polar surface area (TPSA) is 92.2 Å². The number of carbonyl (C=O) groups is 2. The molecule has 1 amide bonds. The lowest BCUT2D eigenvalue weighted by atomic mass is 10.0. The summed E-state index contributed by atoms with van der Waals surface area (Å²) >= 11 is 0. The van der Waals surface area contributed by atoms with Gasteiger partial charge in [-0.3, -0.25) is 4.79 Å². The van der Waals surface area contributed by atoms with E-state index < -0.39 is 5.97 Å². The highest BCUT2D eigenvalue weighted by atomic mass is 16.4. The van der Waals surface area contributed by atoms with E-state index in [0.29, 0.717) is 24.1 Å². The van der Waals surface area contributed by atoms with Crippen LogP contribution in [0.5, 0.6) is 0 Å². The molecular weight excluding hydrogens is 258 g/mol. The molecule has 1 heterocycles. The number of amides is 1. The third-order valence-electron chi connectivity index (χ3n) is 2.77. The van der Waals surface area contributed by atoms with Crippen LogP contribution >= 0.6 is 0 Å². The SMILES string of the molecule is O=C(NCCc1ccccc1C(=O)O)c1ccnnc1. The van der Waals surface area contributed by atoms with Crippen molar-refractivity contribution >= 4 is 11.9 Å². The average molecular weight is 271 g/mol. The maximum atomic E-state index is 11.8. The van der Waals surface area contributed by atoms with E-state index in [0.717, 1.165) is 0 Å². The van der Waals surface area contributed by atoms with Crippen LogP contribution in [0.25, 0.3) is 0 Å². The molecule has 0 fully saturated rings. The summed E-state index contributed by atoms with van der Waals surface area (Å²) in [7, 11) is 0. The Hall–Kier alpha value is -2.76. The number of aromatic carboxylic acids is 1. The summed E-state index contributed by atoms with van der Waals surface area (Å²) < 4.78 is 0. The summed E-state index contributed by atoms with van der Waals surface area (Å²) in [4.78, 5) is 22.8. The summed E-state index contributed by atoms with van der Waals surface area (Å²) in [5.74, 6) is -1.22. The van der Waals surface area contributed by atoms with Gasteiger partial charge in [-0.25, -0.2) is 4.79 Å². The van der Waals surface area contributed by atoms with Gasteiger partial charge in [0.1, 0.15) is 0 Å². The second-order valence-electron chi connectivity index (χ2n) is 4.10. The van der Waals surface area contributed by atoms with Crippen LogP contribution in [0.4, 0.5) is 0 Å². The van der Waals surface area contributed by atoms with Crippen molar-refractivity contribution in [3.63, 3.8) is 0 Å². The van der Waals surface area contributed by atoms with Crippen molar-refractivity contribution in [2.45, 2.75) is 6.42 Å². The van der Waals surface area contributed by atoms with Gasteiger partial charge in [0.25, 0.3) is 5.91 Å². The third kappa shape index (κ3) is 3.38. The van der Waals surface area contributed by atoms with Gasteiger partial charge in [0.2, 0.25) is 0 Å². The molecule has 1 aromatic carbocycles. The molecule has 1 aromatic heterocycles. The molecule has 0 aliphatic heterocycles. The summed E-state index contributed by atoms with van der Waals surface area (Å²) in [6.07, 6.45) is 3.27. The maximum absolute atomic E-state index is 11.8. The molecule has 2 aromatic rings. The number of hydrogen-bond donors (Lipinski definition) is 2. The number of nitrogens with one attached hydrogen (secondary N) is 1. The van der Waals surface area contributed by atoms with E-state index in [4.69, 9.17) is 5.11 Å². The molecule has 0 unspecified atom stereocenters. The van der Waals surface area contributed by atoms with Gasteiger partial charge in [-0.1, -0.05) is 18.2 Å². The Morgan fingerprint density at radius 1 is 1.15 bits per heavy atom. The fourth-order valence-corrected chi connectivity index (χ4v) is 1.78. The Balaban J connectivity index is 1.94. The van der Waals surface area contributed by atoms with E-state index in [2.05, 4.69) is 15.5 Å². The van der Waals surface area contributed by atoms with Gasteiger partial charge in [0.15, 0.2) is 0 Å². The molecule has 0 aliphatic carbocycles. The van der Waals surface area contributed by atoms with Gasteiger partial charge >= 0.3 is 5.97 Å². The number of carboxylic acids is 1. The van der Waals surface area contributed by atoms with Crippen LogP contribution in [0.2, 0.25) is 0 Å². The van der Waals surface area contributed by atoms with E-state index in [1.165, 1.54) is 12.4 Å². The van der Waals surface area contributed by atoms with Gasteiger partial charge in [0.05, 0.1) is 23.5 Å². The van der Waals surface area contributed by atoms with E-state index in [1.807, 2.05) is 0 Å². The first kappa shape index (κ1) is 13.7. The second-order valence-corrected chi connectivity index (χ2v) is 4.10. The minimum atomic E-state index is -0.967. The smallest absolute Gasteiger partial charge is 0.335 e. The van der Waals surface area contributed by atoms with E-state index in [9.17, 15) is 9.59 Å². The fraction of sp³-hybridized carbons (Fsp3) is 0.143. The number of nitrogens with zero attached hydrogens (tertiary/aromatic N) is 2. The molecule has 102 valence electrons. The van der Waals surface area contributed by atoms with E-state index >= 15 is 0 Å². The van der Waals surface area contributed by atoms with Gasteiger partial charge in [-0.05, 0) is 24.1 Å². The van der Waals surface area contributed by atoms with Crippen LogP contribution in [0.15, 0.2) is 42.7 Å².